The molecular weight excluding hydrogens is 204 g/mol. The molecule has 2 aromatic rings. The molecule has 0 saturated heterocycles. The van der Waals surface area contributed by atoms with E-state index in [0.29, 0.717) is 0 Å². The molecule has 1 aromatic carbocycles. The van der Waals surface area contributed by atoms with Crippen molar-refractivity contribution in [3.63, 3.8) is 0 Å². The first-order valence-electron chi connectivity index (χ1n) is 3.71. The molecule has 0 amide bonds. The molecule has 15 heavy (non-hydrogen) atoms. The third-order valence-electron chi connectivity index (χ3n) is 1.73. The van der Waals surface area contributed by atoms with E-state index < -0.39 is 10.6 Å². The van der Waals surface area contributed by atoms with Gasteiger partial charge in [-0.15, -0.1) is 0 Å². The van der Waals surface area contributed by atoms with Gasteiger partial charge >= 0.3 is 5.69 Å². The van der Waals surface area contributed by atoms with Crippen LogP contribution in [0.25, 0.3) is 11.0 Å². The van der Waals surface area contributed by atoms with Crippen LogP contribution in [0.5, 0.6) is 0 Å². The van der Waals surface area contributed by atoms with Crippen LogP contribution in [0, 0.1) is 10.1 Å². The Hall–Kier alpha value is -2.60. The van der Waals surface area contributed by atoms with Crippen LogP contribution in [0.3, 0.4) is 0 Å². The van der Waals surface area contributed by atoms with Crippen LogP contribution in [0.1, 0.15) is 0 Å². The molecule has 0 bridgehead atoms. The number of fused-ring (bicyclic) bond motifs is 1. The number of hydrogen-bond acceptors (Lipinski definition) is 7. The third-order valence-corrected chi connectivity index (χ3v) is 1.73. The van der Waals surface area contributed by atoms with Gasteiger partial charge in [0, 0.05) is 0 Å². The van der Waals surface area contributed by atoms with Crippen LogP contribution in [0.15, 0.2) is 21.8 Å². The molecule has 74 valence electrons. The van der Waals surface area contributed by atoms with E-state index in [4.69, 9.17) is 0 Å². The molecule has 0 aliphatic rings. The summed E-state index contributed by atoms with van der Waals surface area (Å²) < 4.78 is 4.34. The van der Waals surface area contributed by atoms with Gasteiger partial charge in [0.15, 0.2) is 5.69 Å². The fourth-order valence-corrected chi connectivity index (χ4v) is 1.15. The standard InChI is InChI=1S/C7H2N4O4/c12-3-8-5-2-1-4-6(10-15-9-4)7(5)11(13)14/h1-2H. The minimum Gasteiger partial charge on any atom is -0.258 e. The van der Waals surface area contributed by atoms with Gasteiger partial charge in [0.2, 0.25) is 11.6 Å². The zero-order valence-electron chi connectivity index (χ0n) is 7.08. The molecule has 8 nitrogen and oxygen atoms in total. The molecule has 0 N–H and O–H groups in total. The van der Waals surface area contributed by atoms with Crippen LogP contribution >= 0.6 is 0 Å². The number of hydrogen-bond donors (Lipinski definition) is 0. The summed E-state index contributed by atoms with van der Waals surface area (Å²) in [5.41, 5.74) is -0.363. The highest BCUT2D eigenvalue weighted by Gasteiger charge is 2.22. The van der Waals surface area contributed by atoms with Crippen molar-refractivity contribution in [2.75, 3.05) is 0 Å². The minimum absolute atomic E-state index is 0.0449. The summed E-state index contributed by atoms with van der Waals surface area (Å²) in [7, 11) is 0. The molecule has 1 heterocycles. The highest BCUT2D eigenvalue weighted by atomic mass is 16.6. The number of nitrogens with zero attached hydrogens (tertiary/aromatic N) is 4. The second-order valence-electron chi connectivity index (χ2n) is 2.53. The first-order chi connectivity index (χ1) is 7.24. The Morgan fingerprint density at radius 1 is 1.47 bits per heavy atom. The zero-order chi connectivity index (χ0) is 10.8. The van der Waals surface area contributed by atoms with E-state index in [1.54, 1.807) is 0 Å². The maximum absolute atomic E-state index is 10.7. The van der Waals surface area contributed by atoms with Gasteiger partial charge in [-0.3, -0.25) is 10.1 Å². The van der Waals surface area contributed by atoms with Crippen LogP contribution in [-0.2, 0) is 4.79 Å². The van der Waals surface area contributed by atoms with Crippen molar-refractivity contribution in [3.05, 3.63) is 22.2 Å². The normalized spacial score (nSPS) is 9.87. The largest absolute Gasteiger partial charge is 0.327 e. The van der Waals surface area contributed by atoms with Crippen LogP contribution in [-0.4, -0.2) is 21.3 Å². The molecule has 0 spiro atoms. The lowest BCUT2D eigenvalue weighted by atomic mass is 10.2. The Bertz CT molecular complexity index is 584. The van der Waals surface area contributed by atoms with E-state index in [2.05, 4.69) is 19.9 Å². The van der Waals surface area contributed by atoms with Gasteiger partial charge in [0.05, 0.1) is 4.92 Å². The average Bonchev–Trinajstić information content (AvgIpc) is 2.64. The molecular formula is C7H2N4O4. The molecule has 0 atom stereocenters. The van der Waals surface area contributed by atoms with E-state index >= 15 is 0 Å². The summed E-state index contributed by atoms with van der Waals surface area (Å²) in [6.45, 7) is 0. The van der Waals surface area contributed by atoms with Crippen LogP contribution < -0.4 is 0 Å². The fraction of sp³-hybridized carbons (Fsp3) is 0. The number of isocyanates is 1. The maximum Gasteiger partial charge on any atom is 0.327 e. The van der Waals surface area contributed by atoms with E-state index in [-0.39, 0.29) is 16.7 Å². The first-order valence-corrected chi connectivity index (χ1v) is 3.71. The minimum atomic E-state index is -0.706. The van der Waals surface area contributed by atoms with Crippen molar-refractivity contribution in [2.45, 2.75) is 0 Å². The van der Waals surface area contributed by atoms with Gasteiger partial charge in [0.25, 0.3) is 0 Å². The summed E-state index contributed by atoms with van der Waals surface area (Å²) in [4.78, 5) is 23.3. The van der Waals surface area contributed by atoms with Gasteiger partial charge in [0.1, 0.15) is 5.52 Å². The van der Waals surface area contributed by atoms with E-state index in [0.717, 1.165) is 0 Å². The second kappa shape index (κ2) is 3.28. The van der Waals surface area contributed by atoms with Crippen LogP contribution in [0.4, 0.5) is 11.4 Å². The summed E-state index contributed by atoms with van der Waals surface area (Å²) >= 11 is 0. The molecule has 0 fully saturated rings. The number of rotatable bonds is 2. The predicted molar refractivity (Wildman–Crippen MR) is 46.2 cm³/mol. The Kier molecular flexibility index (Phi) is 1.96. The number of carbonyl (C=O) groups excluding carboxylic acids is 1. The smallest absolute Gasteiger partial charge is 0.258 e. The number of nitro benzene ring substituents is 1. The van der Waals surface area contributed by atoms with Crippen molar-refractivity contribution < 1.29 is 14.3 Å². The summed E-state index contributed by atoms with van der Waals surface area (Å²) in [5, 5.41) is 17.5. The van der Waals surface area contributed by atoms with Crippen molar-refractivity contribution in [1.82, 2.24) is 10.3 Å². The number of benzene rings is 1. The van der Waals surface area contributed by atoms with E-state index in [1.807, 2.05) is 0 Å². The van der Waals surface area contributed by atoms with Crippen molar-refractivity contribution in [2.24, 2.45) is 4.99 Å². The molecule has 0 unspecified atom stereocenters. The van der Waals surface area contributed by atoms with E-state index in [9.17, 15) is 14.9 Å². The van der Waals surface area contributed by atoms with Crippen molar-refractivity contribution >= 4 is 28.5 Å². The van der Waals surface area contributed by atoms with Crippen LogP contribution in [0.2, 0.25) is 0 Å². The molecule has 0 saturated carbocycles. The van der Waals surface area contributed by atoms with Gasteiger partial charge in [-0.2, -0.15) is 4.99 Å². The number of aliphatic imine (C=N–C) groups is 1. The lowest BCUT2D eigenvalue weighted by Crippen LogP contribution is -1.90. The topological polar surface area (TPSA) is 111 Å². The Morgan fingerprint density at radius 2 is 2.27 bits per heavy atom. The lowest BCUT2D eigenvalue weighted by molar-refractivity contribution is -0.382. The van der Waals surface area contributed by atoms with Crippen molar-refractivity contribution in [3.8, 4) is 0 Å². The predicted octanol–water partition coefficient (Wildman–Crippen LogP) is 1.10. The quantitative estimate of drug-likeness (QED) is 0.314. The highest BCUT2D eigenvalue weighted by Crippen LogP contribution is 2.32. The molecule has 8 heteroatoms. The zero-order valence-corrected chi connectivity index (χ0v) is 7.08. The van der Waals surface area contributed by atoms with Crippen molar-refractivity contribution in [1.29, 1.82) is 0 Å². The van der Waals surface area contributed by atoms with Gasteiger partial charge < -0.3 is 0 Å². The summed E-state index contributed by atoms with van der Waals surface area (Å²) in [5.74, 6) is 0. The number of nitro groups is 1. The lowest BCUT2D eigenvalue weighted by Gasteiger charge is -1.93. The highest BCUT2D eigenvalue weighted by molar-refractivity contribution is 5.90. The monoisotopic (exact) mass is 206 g/mol. The fourth-order valence-electron chi connectivity index (χ4n) is 1.15. The molecule has 0 aliphatic carbocycles. The average molecular weight is 206 g/mol. The Balaban J connectivity index is 2.86. The Labute approximate surface area is 81.3 Å². The van der Waals surface area contributed by atoms with Gasteiger partial charge in [-0.05, 0) is 22.4 Å². The van der Waals surface area contributed by atoms with E-state index in [1.165, 1.54) is 18.2 Å². The summed E-state index contributed by atoms with van der Waals surface area (Å²) in [6, 6.07) is 2.69. The summed E-state index contributed by atoms with van der Waals surface area (Å²) in [6.07, 6.45) is 1.23. The number of aromatic nitrogens is 2. The van der Waals surface area contributed by atoms with Gasteiger partial charge in [-0.25, -0.2) is 9.42 Å². The second-order valence-corrected chi connectivity index (χ2v) is 2.53. The van der Waals surface area contributed by atoms with Gasteiger partial charge in [-0.1, -0.05) is 0 Å². The SMILES string of the molecule is O=C=Nc1ccc2nonc2c1[N+](=O)[O-]. The first kappa shape index (κ1) is 8.97. The Morgan fingerprint density at radius 3 is 2.93 bits per heavy atom. The maximum atomic E-state index is 10.7. The molecule has 2 rings (SSSR count). The molecule has 0 aliphatic heterocycles. The third kappa shape index (κ3) is 1.34. The molecule has 1 aromatic heterocycles. The molecule has 0 radical (unpaired) electrons.